The van der Waals surface area contributed by atoms with E-state index in [1.807, 2.05) is 0 Å². The molecule has 0 saturated carbocycles. The molecule has 0 spiro atoms. The number of benzene rings is 1. The Kier molecular flexibility index (Phi) is 3.66. The highest BCUT2D eigenvalue weighted by Gasteiger charge is 2.21. The summed E-state index contributed by atoms with van der Waals surface area (Å²) in [6.45, 7) is 1.98. The summed E-state index contributed by atoms with van der Waals surface area (Å²) < 4.78 is 5.01. The third kappa shape index (κ3) is 2.27. The molecular formula is C9H8Cl2O4. The predicted octanol–water partition coefficient (Wildman–Crippen LogP) is 2.80. The first-order valence-electron chi connectivity index (χ1n) is 4.06. The van der Waals surface area contributed by atoms with Crippen LogP contribution in [0.4, 0.5) is 0 Å². The first-order valence-corrected chi connectivity index (χ1v) is 4.81. The van der Waals surface area contributed by atoms with Gasteiger partial charge in [-0.3, -0.25) is 0 Å². The van der Waals surface area contributed by atoms with E-state index in [1.165, 1.54) is 6.07 Å². The number of halogens is 2. The lowest BCUT2D eigenvalue weighted by Gasteiger charge is -2.10. The van der Waals surface area contributed by atoms with E-state index in [0.717, 1.165) is 0 Å². The van der Waals surface area contributed by atoms with E-state index in [0.29, 0.717) is 0 Å². The Labute approximate surface area is 96.0 Å². The van der Waals surface area contributed by atoms with E-state index in [9.17, 15) is 9.90 Å². The normalized spacial score (nSPS) is 10.1. The minimum atomic E-state index is -1.36. The molecule has 0 radical (unpaired) electrons. The maximum absolute atomic E-state index is 10.8. The molecule has 15 heavy (non-hydrogen) atoms. The molecule has 0 saturated heterocycles. The average Bonchev–Trinajstić information content (AvgIpc) is 2.14. The van der Waals surface area contributed by atoms with Crippen molar-refractivity contribution >= 4 is 29.2 Å². The average molecular weight is 251 g/mol. The number of aromatic hydroxyl groups is 1. The minimum absolute atomic E-state index is 0.00398. The molecule has 2 N–H and O–H groups in total. The van der Waals surface area contributed by atoms with Gasteiger partial charge in [-0.1, -0.05) is 23.2 Å². The van der Waals surface area contributed by atoms with Crippen molar-refractivity contribution in [1.29, 1.82) is 0 Å². The maximum atomic E-state index is 10.8. The van der Waals surface area contributed by atoms with Crippen molar-refractivity contribution in [3.05, 3.63) is 21.7 Å². The number of hydrogen-bond acceptors (Lipinski definition) is 3. The molecule has 0 amide bonds. The van der Waals surface area contributed by atoms with Crippen LogP contribution in [0.25, 0.3) is 0 Å². The highest BCUT2D eigenvalue weighted by atomic mass is 35.5. The highest BCUT2D eigenvalue weighted by molar-refractivity contribution is 6.44. The van der Waals surface area contributed by atoms with Crippen molar-refractivity contribution in [1.82, 2.24) is 0 Å². The van der Waals surface area contributed by atoms with Gasteiger partial charge >= 0.3 is 5.97 Å². The van der Waals surface area contributed by atoms with Gasteiger partial charge in [0.25, 0.3) is 0 Å². The summed E-state index contributed by atoms with van der Waals surface area (Å²) in [5, 5.41) is 18.2. The van der Waals surface area contributed by atoms with Gasteiger partial charge in [0.1, 0.15) is 5.56 Å². The van der Waals surface area contributed by atoms with Crippen LogP contribution < -0.4 is 4.74 Å². The number of carboxylic acids is 1. The molecule has 0 aromatic heterocycles. The van der Waals surface area contributed by atoms with Gasteiger partial charge in [0.15, 0.2) is 11.5 Å². The van der Waals surface area contributed by atoms with Crippen LogP contribution in [0, 0.1) is 0 Å². The van der Waals surface area contributed by atoms with Gasteiger partial charge < -0.3 is 14.9 Å². The predicted molar refractivity (Wildman–Crippen MR) is 56.3 cm³/mol. The number of carbonyl (C=O) groups is 1. The third-order valence-electron chi connectivity index (χ3n) is 1.67. The quantitative estimate of drug-likeness (QED) is 0.866. The molecule has 1 aromatic carbocycles. The van der Waals surface area contributed by atoms with Gasteiger partial charge in [-0.05, 0) is 6.92 Å². The van der Waals surface area contributed by atoms with Gasteiger partial charge in [-0.25, -0.2) is 4.79 Å². The number of phenols is 1. The zero-order valence-corrected chi connectivity index (χ0v) is 9.26. The summed E-state index contributed by atoms with van der Waals surface area (Å²) in [6, 6.07) is 1.27. The lowest BCUT2D eigenvalue weighted by atomic mass is 10.2. The van der Waals surface area contributed by atoms with Crippen molar-refractivity contribution < 1.29 is 19.7 Å². The number of carboxylic acid groups (broad SMARTS) is 1. The van der Waals surface area contributed by atoms with Gasteiger partial charge in [0.2, 0.25) is 0 Å². The standard InChI is InChI=1S/C9H8Cl2O4/c1-2-15-5-3-4(10)7(11)6(8(5)12)9(13)14/h3,12H,2H2,1H3,(H,13,14). The zero-order chi connectivity index (χ0) is 11.6. The van der Waals surface area contributed by atoms with Crippen LogP contribution in [0.2, 0.25) is 10.0 Å². The number of hydrogen-bond donors (Lipinski definition) is 2. The topological polar surface area (TPSA) is 66.8 Å². The molecule has 0 aliphatic rings. The van der Waals surface area contributed by atoms with E-state index in [-0.39, 0.29) is 22.4 Å². The molecule has 1 aromatic rings. The van der Waals surface area contributed by atoms with Crippen molar-refractivity contribution in [2.45, 2.75) is 6.92 Å². The lowest BCUT2D eigenvalue weighted by Crippen LogP contribution is -2.01. The minimum Gasteiger partial charge on any atom is -0.504 e. The van der Waals surface area contributed by atoms with Gasteiger partial charge in [0, 0.05) is 6.07 Å². The fraction of sp³-hybridized carbons (Fsp3) is 0.222. The van der Waals surface area contributed by atoms with Gasteiger partial charge in [-0.2, -0.15) is 0 Å². The van der Waals surface area contributed by atoms with Crippen LogP contribution in [0.15, 0.2) is 6.07 Å². The summed E-state index contributed by atoms with van der Waals surface area (Å²) in [5.74, 6) is -1.87. The van der Waals surface area contributed by atoms with E-state index in [2.05, 4.69) is 0 Å². The molecule has 1 rings (SSSR count). The van der Waals surface area contributed by atoms with Crippen molar-refractivity contribution in [3.8, 4) is 11.5 Å². The van der Waals surface area contributed by atoms with E-state index >= 15 is 0 Å². The Bertz CT molecular complexity index is 404. The summed E-state index contributed by atoms with van der Waals surface area (Å²) in [7, 11) is 0. The summed E-state index contributed by atoms with van der Waals surface area (Å²) in [5.41, 5.74) is -0.451. The van der Waals surface area contributed by atoms with Crippen molar-refractivity contribution in [2.24, 2.45) is 0 Å². The Morgan fingerprint density at radius 3 is 2.60 bits per heavy atom. The van der Waals surface area contributed by atoms with Crippen LogP contribution in [-0.4, -0.2) is 22.8 Å². The van der Waals surface area contributed by atoms with Gasteiger partial charge in [0.05, 0.1) is 16.7 Å². The number of rotatable bonds is 3. The molecule has 0 atom stereocenters. The Balaban J connectivity index is 3.42. The molecule has 0 aliphatic carbocycles. The second-order valence-corrected chi connectivity index (χ2v) is 3.42. The molecule has 0 heterocycles. The summed E-state index contributed by atoms with van der Waals surface area (Å²) >= 11 is 11.3. The number of ether oxygens (including phenoxy) is 1. The van der Waals surface area contributed by atoms with Crippen molar-refractivity contribution in [2.75, 3.05) is 6.61 Å². The largest absolute Gasteiger partial charge is 0.504 e. The highest BCUT2D eigenvalue weighted by Crippen LogP contribution is 2.40. The third-order valence-corrected chi connectivity index (χ3v) is 2.46. The fourth-order valence-corrected chi connectivity index (χ4v) is 1.47. The molecule has 82 valence electrons. The summed E-state index contributed by atoms with van der Waals surface area (Å²) in [4.78, 5) is 10.8. The first kappa shape index (κ1) is 11.9. The molecule has 4 nitrogen and oxygen atoms in total. The zero-order valence-electron chi connectivity index (χ0n) is 7.75. The van der Waals surface area contributed by atoms with Crippen molar-refractivity contribution in [3.63, 3.8) is 0 Å². The molecule has 0 fully saturated rings. The molecule has 6 heteroatoms. The monoisotopic (exact) mass is 250 g/mol. The Hall–Kier alpha value is -1.13. The Morgan fingerprint density at radius 1 is 1.53 bits per heavy atom. The second-order valence-electron chi connectivity index (χ2n) is 2.63. The molecule has 0 bridgehead atoms. The smallest absolute Gasteiger partial charge is 0.341 e. The van der Waals surface area contributed by atoms with Gasteiger partial charge in [-0.15, -0.1) is 0 Å². The first-order chi connectivity index (χ1) is 6.99. The fourth-order valence-electron chi connectivity index (χ4n) is 1.05. The van der Waals surface area contributed by atoms with Crippen LogP contribution in [0.1, 0.15) is 17.3 Å². The van der Waals surface area contributed by atoms with E-state index in [4.69, 9.17) is 33.0 Å². The van der Waals surface area contributed by atoms with Crippen LogP contribution >= 0.6 is 23.2 Å². The van der Waals surface area contributed by atoms with E-state index < -0.39 is 17.3 Å². The molecule has 0 unspecified atom stereocenters. The van der Waals surface area contributed by atoms with Crippen LogP contribution in [0.5, 0.6) is 11.5 Å². The summed E-state index contributed by atoms with van der Waals surface area (Å²) in [6.07, 6.45) is 0. The van der Waals surface area contributed by atoms with Crippen LogP contribution in [0.3, 0.4) is 0 Å². The second kappa shape index (κ2) is 4.59. The SMILES string of the molecule is CCOc1cc(Cl)c(Cl)c(C(=O)O)c1O. The number of aromatic carboxylic acids is 1. The molecular weight excluding hydrogens is 243 g/mol. The maximum Gasteiger partial charge on any atom is 0.341 e. The van der Waals surface area contributed by atoms with Crippen LogP contribution in [-0.2, 0) is 0 Å². The molecule has 0 aliphatic heterocycles. The van der Waals surface area contributed by atoms with E-state index in [1.54, 1.807) is 6.92 Å². The Morgan fingerprint density at radius 2 is 2.13 bits per heavy atom. The lowest BCUT2D eigenvalue weighted by molar-refractivity contribution is 0.0693.